The molecule has 0 fully saturated rings. The maximum Gasteiger partial charge on any atom is 0.245 e. The van der Waals surface area contributed by atoms with Gasteiger partial charge in [0, 0.05) is 6.20 Å². The highest BCUT2D eigenvalue weighted by molar-refractivity contribution is 5.94. The lowest BCUT2D eigenvalue weighted by Gasteiger charge is -2.18. The van der Waals surface area contributed by atoms with Gasteiger partial charge in [0.25, 0.3) is 0 Å². The molecule has 0 saturated carbocycles. The van der Waals surface area contributed by atoms with Gasteiger partial charge in [-0.25, -0.2) is 0 Å². The van der Waals surface area contributed by atoms with Gasteiger partial charge in [-0.15, -0.1) is 0 Å². The number of carbonyl (C=O) groups excluding carboxylic acids is 1. The minimum Gasteiger partial charge on any atom is -0.618 e. The van der Waals surface area contributed by atoms with Gasteiger partial charge in [-0.3, -0.25) is 9.36 Å². The number of hydroxylamine groups is 1. The molecule has 2 heterocycles. The SMILES string of the molecule is Nc1ccn2c1C=[N+]([O-])C1=CCCCC1C2=O. The summed E-state index contributed by atoms with van der Waals surface area (Å²) >= 11 is 0. The highest BCUT2D eigenvalue weighted by Crippen LogP contribution is 2.30. The standard InChI is InChI=1S/C12H13N3O2/c13-9-5-6-14-11(9)7-15(17)10-4-2-1-3-8(10)12(14)16/h4-8H,1-3,13H2. The minimum atomic E-state index is -0.328. The molecule has 88 valence electrons. The zero-order valence-corrected chi connectivity index (χ0v) is 9.30. The van der Waals surface area contributed by atoms with E-state index in [0.29, 0.717) is 17.1 Å². The van der Waals surface area contributed by atoms with Crippen molar-refractivity contribution in [2.24, 2.45) is 5.92 Å². The average molecular weight is 231 g/mol. The van der Waals surface area contributed by atoms with Crippen LogP contribution in [0.2, 0.25) is 0 Å². The molecule has 1 aromatic heterocycles. The number of fused-ring (bicyclic) bond motifs is 2. The summed E-state index contributed by atoms with van der Waals surface area (Å²) in [5.41, 5.74) is 7.26. The molecular weight excluding hydrogens is 218 g/mol. The van der Waals surface area contributed by atoms with Gasteiger partial charge in [0.1, 0.15) is 11.6 Å². The van der Waals surface area contributed by atoms with Crippen molar-refractivity contribution >= 4 is 17.8 Å². The third-order valence-corrected chi connectivity index (χ3v) is 3.40. The van der Waals surface area contributed by atoms with Crippen LogP contribution in [-0.4, -0.2) is 21.4 Å². The predicted molar refractivity (Wildman–Crippen MR) is 63.7 cm³/mol. The van der Waals surface area contributed by atoms with Gasteiger partial charge in [-0.05, 0) is 31.4 Å². The summed E-state index contributed by atoms with van der Waals surface area (Å²) in [7, 11) is 0. The first-order valence-corrected chi connectivity index (χ1v) is 5.71. The summed E-state index contributed by atoms with van der Waals surface area (Å²) < 4.78 is 2.27. The van der Waals surface area contributed by atoms with Crippen molar-refractivity contribution < 1.29 is 9.53 Å². The fourth-order valence-electron chi connectivity index (χ4n) is 2.50. The summed E-state index contributed by atoms with van der Waals surface area (Å²) in [4.78, 5) is 12.3. The van der Waals surface area contributed by atoms with Gasteiger partial charge in [-0.2, -0.15) is 4.74 Å². The highest BCUT2D eigenvalue weighted by Gasteiger charge is 2.35. The predicted octanol–water partition coefficient (Wildman–Crippen LogP) is 1.34. The van der Waals surface area contributed by atoms with Crippen LogP contribution in [0.1, 0.15) is 29.8 Å². The van der Waals surface area contributed by atoms with Crippen LogP contribution in [0, 0.1) is 11.1 Å². The Kier molecular flexibility index (Phi) is 2.07. The fraction of sp³-hybridized carbons (Fsp3) is 0.333. The molecule has 0 bridgehead atoms. The van der Waals surface area contributed by atoms with Crippen LogP contribution in [0.25, 0.3) is 0 Å². The van der Waals surface area contributed by atoms with E-state index < -0.39 is 0 Å². The van der Waals surface area contributed by atoms with Crippen LogP contribution in [0.15, 0.2) is 24.0 Å². The number of hydrogen-bond acceptors (Lipinski definition) is 3. The Labute approximate surface area is 98.4 Å². The van der Waals surface area contributed by atoms with E-state index in [0.717, 1.165) is 24.0 Å². The fourth-order valence-corrected chi connectivity index (χ4v) is 2.50. The number of aromatic nitrogens is 1. The zero-order valence-electron chi connectivity index (χ0n) is 9.30. The first-order valence-electron chi connectivity index (χ1n) is 5.71. The van der Waals surface area contributed by atoms with E-state index in [1.54, 1.807) is 12.3 Å². The van der Waals surface area contributed by atoms with Gasteiger partial charge in [0.2, 0.25) is 17.8 Å². The third kappa shape index (κ3) is 1.39. The van der Waals surface area contributed by atoms with Gasteiger partial charge < -0.3 is 10.9 Å². The summed E-state index contributed by atoms with van der Waals surface area (Å²) in [5, 5.41) is 12.0. The van der Waals surface area contributed by atoms with E-state index in [1.165, 1.54) is 10.8 Å². The number of anilines is 1. The van der Waals surface area contributed by atoms with Gasteiger partial charge >= 0.3 is 0 Å². The maximum absolute atomic E-state index is 12.3. The number of carbonyl (C=O) groups is 1. The molecule has 0 spiro atoms. The van der Waals surface area contributed by atoms with Crippen LogP contribution in [0.4, 0.5) is 5.69 Å². The minimum absolute atomic E-state index is 0.0581. The molecule has 2 N–H and O–H groups in total. The summed E-state index contributed by atoms with van der Waals surface area (Å²) in [5.74, 6) is -0.386. The first-order chi connectivity index (χ1) is 8.18. The summed E-state index contributed by atoms with van der Waals surface area (Å²) in [6, 6.07) is 1.65. The van der Waals surface area contributed by atoms with Gasteiger partial charge in [0.05, 0.1) is 5.69 Å². The second-order valence-corrected chi connectivity index (χ2v) is 4.43. The molecule has 1 aliphatic carbocycles. The molecule has 0 amide bonds. The molecule has 17 heavy (non-hydrogen) atoms. The number of nitrogens with zero attached hydrogens (tertiary/aromatic N) is 2. The van der Waals surface area contributed by atoms with Crippen molar-refractivity contribution in [3.05, 3.63) is 34.9 Å². The Morgan fingerprint density at radius 3 is 3.18 bits per heavy atom. The Morgan fingerprint density at radius 2 is 2.35 bits per heavy atom. The van der Waals surface area contributed by atoms with E-state index >= 15 is 0 Å². The molecule has 1 aromatic rings. The Hall–Kier alpha value is -2.04. The van der Waals surface area contributed by atoms with E-state index in [-0.39, 0.29) is 11.8 Å². The molecule has 0 aromatic carbocycles. The zero-order chi connectivity index (χ0) is 12.0. The Balaban J connectivity index is 2.22. The van der Waals surface area contributed by atoms with Crippen LogP contribution in [0.5, 0.6) is 0 Å². The largest absolute Gasteiger partial charge is 0.618 e. The highest BCUT2D eigenvalue weighted by atomic mass is 16.5. The van der Waals surface area contributed by atoms with Crippen molar-refractivity contribution in [3.63, 3.8) is 0 Å². The molecule has 2 aliphatic rings. The van der Waals surface area contributed by atoms with Crippen LogP contribution in [0.3, 0.4) is 0 Å². The van der Waals surface area contributed by atoms with E-state index in [1.807, 2.05) is 6.08 Å². The normalized spacial score (nSPS) is 23.3. The molecule has 1 unspecified atom stereocenters. The summed E-state index contributed by atoms with van der Waals surface area (Å²) in [6.07, 6.45) is 7.42. The summed E-state index contributed by atoms with van der Waals surface area (Å²) in [6.45, 7) is 0. The topological polar surface area (TPSA) is 74.1 Å². The van der Waals surface area contributed by atoms with Crippen LogP contribution < -0.4 is 5.73 Å². The van der Waals surface area contributed by atoms with E-state index in [9.17, 15) is 10.0 Å². The second-order valence-electron chi connectivity index (χ2n) is 4.43. The Morgan fingerprint density at radius 1 is 1.53 bits per heavy atom. The smallest absolute Gasteiger partial charge is 0.245 e. The quantitative estimate of drug-likeness (QED) is 0.540. The van der Waals surface area contributed by atoms with Crippen molar-refractivity contribution in [3.8, 4) is 0 Å². The van der Waals surface area contributed by atoms with Gasteiger partial charge in [-0.1, -0.05) is 0 Å². The lowest BCUT2D eigenvalue weighted by Crippen LogP contribution is -2.26. The lowest BCUT2D eigenvalue weighted by atomic mass is 9.91. The van der Waals surface area contributed by atoms with E-state index in [2.05, 4.69) is 0 Å². The van der Waals surface area contributed by atoms with Crippen molar-refractivity contribution in [2.45, 2.75) is 19.3 Å². The monoisotopic (exact) mass is 231 g/mol. The third-order valence-electron chi connectivity index (χ3n) is 3.40. The molecule has 3 rings (SSSR count). The Bertz CT molecular complexity index is 554. The average Bonchev–Trinajstić information content (AvgIpc) is 2.65. The maximum atomic E-state index is 12.3. The number of hydrogen-bond donors (Lipinski definition) is 1. The van der Waals surface area contributed by atoms with Crippen LogP contribution >= 0.6 is 0 Å². The molecule has 1 atom stereocenters. The second kappa shape index (κ2) is 3.48. The lowest BCUT2D eigenvalue weighted by molar-refractivity contribution is -0.403. The molecule has 5 nitrogen and oxygen atoms in total. The number of nitrogens with two attached hydrogens (primary N) is 1. The molecule has 0 saturated heterocycles. The van der Waals surface area contributed by atoms with E-state index in [4.69, 9.17) is 5.73 Å². The first kappa shape index (κ1) is 10.1. The molecule has 0 radical (unpaired) electrons. The number of nitrogen functional groups attached to an aromatic ring is 1. The molecule has 5 heteroatoms. The van der Waals surface area contributed by atoms with Crippen molar-refractivity contribution in [2.75, 3.05) is 5.73 Å². The number of allylic oxidation sites excluding steroid dienone is 2. The van der Waals surface area contributed by atoms with Crippen molar-refractivity contribution in [1.29, 1.82) is 0 Å². The van der Waals surface area contributed by atoms with Crippen LogP contribution in [-0.2, 0) is 0 Å². The molecule has 1 aliphatic heterocycles. The van der Waals surface area contributed by atoms with Crippen molar-refractivity contribution in [1.82, 2.24) is 4.57 Å². The number of rotatable bonds is 0. The molecular formula is C12H13N3O2. The van der Waals surface area contributed by atoms with Gasteiger partial charge in [0.15, 0.2) is 0 Å².